The van der Waals surface area contributed by atoms with E-state index >= 15 is 0 Å². The molecule has 0 radical (unpaired) electrons. The first-order valence-electron chi connectivity index (χ1n) is 9.67. The van der Waals surface area contributed by atoms with Crippen molar-refractivity contribution >= 4 is 16.7 Å². The van der Waals surface area contributed by atoms with Crippen LogP contribution in [0.3, 0.4) is 0 Å². The lowest BCUT2D eigenvalue weighted by Gasteiger charge is -2.26. The first-order valence-corrected chi connectivity index (χ1v) is 9.67. The van der Waals surface area contributed by atoms with Crippen molar-refractivity contribution in [1.82, 2.24) is 20.0 Å². The van der Waals surface area contributed by atoms with Gasteiger partial charge in [0.2, 0.25) is 0 Å². The molecule has 0 saturated carbocycles. The zero-order chi connectivity index (χ0) is 18.5. The summed E-state index contributed by atoms with van der Waals surface area (Å²) >= 11 is 0. The van der Waals surface area contributed by atoms with Gasteiger partial charge in [0.1, 0.15) is 0 Å². The Morgan fingerprint density at radius 3 is 2.54 bits per heavy atom. The van der Waals surface area contributed by atoms with E-state index in [1.54, 1.807) is 12.1 Å². The van der Waals surface area contributed by atoms with Crippen LogP contribution in [-0.2, 0) is 6.54 Å². The van der Waals surface area contributed by atoms with E-state index in [0.29, 0.717) is 35.6 Å². The summed E-state index contributed by atoms with van der Waals surface area (Å²) in [4.78, 5) is 27.8. The molecular formula is C20H28N4O2. The molecule has 1 aliphatic heterocycles. The summed E-state index contributed by atoms with van der Waals surface area (Å²) in [5, 5.41) is 8.59. The average molecular weight is 356 g/mol. The molecule has 1 atom stereocenters. The van der Waals surface area contributed by atoms with Crippen LogP contribution in [0, 0.1) is 0 Å². The number of aryl methyl sites for hydroxylation is 1. The first-order chi connectivity index (χ1) is 12.7. The van der Waals surface area contributed by atoms with Gasteiger partial charge in [0.15, 0.2) is 5.69 Å². The van der Waals surface area contributed by atoms with Crippen molar-refractivity contribution in [2.45, 2.75) is 52.1 Å². The van der Waals surface area contributed by atoms with Crippen LogP contribution >= 0.6 is 0 Å². The highest BCUT2D eigenvalue weighted by Gasteiger charge is 2.22. The minimum Gasteiger partial charge on any atom is -0.349 e. The number of rotatable bonds is 7. The van der Waals surface area contributed by atoms with Gasteiger partial charge in [0, 0.05) is 24.5 Å². The molecule has 6 heteroatoms. The van der Waals surface area contributed by atoms with Crippen molar-refractivity contribution in [3.05, 3.63) is 40.3 Å². The summed E-state index contributed by atoms with van der Waals surface area (Å²) in [6.45, 7) is 7.48. The van der Waals surface area contributed by atoms with Crippen LogP contribution in [0.2, 0.25) is 0 Å². The molecular weight excluding hydrogens is 328 g/mol. The van der Waals surface area contributed by atoms with Crippen molar-refractivity contribution in [3.63, 3.8) is 0 Å². The van der Waals surface area contributed by atoms with Crippen LogP contribution in [0.25, 0.3) is 10.8 Å². The van der Waals surface area contributed by atoms with Gasteiger partial charge in [-0.3, -0.25) is 14.5 Å². The van der Waals surface area contributed by atoms with E-state index in [-0.39, 0.29) is 11.5 Å². The molecule has 3 rings (SSSR count). The maximum absolute atomic E-state index is 12.9. The molecule has 0 spiro atoms. The van der Waals surface area contributed by atoms with Crippen LogP contribution in [0.1, 0.15) is 50.0 Å². The van der Waals surface area contributed by atoms with Crippen molar-refractivity contribution in [3.8, 4) is 0 Å². The van der Waals surface area contributed by atoms with E-state index in [4.69, 9.17) is 0 Å². The number of nitrogens with zero attached hydrogens (tertiary/aromatic N) is 3. The molecule has 1 N–H and O–H groups in total. The molecule has 140 valence electrons. The third-order valence-corrected chi connectivity index (χ3v) is 5.14. The highest BCUT2D eigenvalue weighted by molar-refractivity contribution is 6.04. The molecule has 2 aromatic rings. The number of hydrogen-bond acceptors (Lipinski definition) is 4. The number of hydrogen-bond donors (Lipinski definition) is 1. The highest BCUT2D eigenvalue weighted by atomic mass is 16.2. The molecule has 1 aliphatic rings. The second-order valence-electron chi connectivity index (χ2n) is 6.94. The Labute approximate surface area is 154 Å². The van der Waals surface area contributed by atoms with Gasteiger partial charge in [0.25, 0.3) is 11.5 Å². The predicted octanol–water partition coefficient (Wildman–Crippen LogP) is 2.41. The number of nitrogens with one attached hydrogen (secondary N) is 1. The zero-order valence-electron chi connectivity index (χ0n) is 15.7. The largest absolute Gasteiger partial charge is 0.349 e. The van der Waals surface area contributed by atoms with Crippen LogP contribution < -0.4 is 10.9 Å². The summed E-state index contributed by atoms with van der Waals surface area (Å²) in [7, 11) is 0. The molecule has 1 unspecified atom stereocenters. The van der Waals surface area contributed by atoms with Gasteiger partial charge in [-0.15, -0.1) is 0 Å². The van der Waals surface area contributed by atoms with Gasteiger partial charge < -0.3 is 5.32 Å². The average Bonchev–Trinajstić information content (AvgIpc) is 3.19. The monoisotopic (exact) mass is 356 g/mol. The molecule has 26 heavy (non-hydrogen) atoms. The zero-order valence-corrected chi connectivity index (χ0v) is 15.7. The molecule has 1 aromatic carbocycles. The fraction of sp³-hybridized carbons (Fsp3) is 0.550. The van der Waals surface area contributed by atoms with E-state index in [0.717, 1.165) is 25.9 Å². The summed E-state index contributed by atoms with van der Waals surface area (Å²) in [6, 6.07) is 7.58. The predicted molar refractivity (Wildman–Crippen MR) is 104 cm³/mol. The Bertz CT molecular complexity index is 824. The number of carbonyl (C=O) groups is 1. The number of aromatic nitrogens is 2. The number of amides is 1. The molecule has 0 aliphatic carbocycles. The van der Waals surface area contributed by atoms with Crippen molar-refractivity contribution < 1.29 is 4.79 Å². The summed E-state index contributed by atoms with van der Waals surface area (Å²) < 4.78 is 1.41. The Morgan fingerprint density at radius 1 is 1.19 bits per heavy atom. The van der Waals surface area contributed by atoms with Crippen LogP contribution in [0.15, 0.2) is 29.1 Å². The maximum Gasteiger partial charge on any atom is 0.274 e. The second-order valence-corrected chi connectivity index (χ2v) is 6.94. The van der Waals surface area contributed by atoms with E-state index in [2.05, 4.69) is 22.2 Å². The van der Waals surface area contributed by atoms with E-state index in [9.17, 15) is 9.59 Å². The highest BCUT2D eigenvalue weighted by Crippen LogP contribution is 2.15. The van der Waals surface area contributed by atoms with Gasteiger partial charge in [-0.1, -0.05) is 32.0 Å². The smallest absolute Gasteiger partial charge is 0.274 e. The van der Waals surface area contributed by atoms with Gasteiger partial charge in [-0.2, -0.15) is 5.10 Å². The van der Waals surface area contributed by atoms with E-state index < -0.39 is 0 Å². The number of carbonyl (C=O) groups excluding carboxylic acids is 1. The van der Waals surface area contributed by atoms with Gasteiger partial charge in [-0.05, 0) is 44.8 Å². The summed E-state index contributed by atoms with van der Waals surface area (Å²) in [5.41, 5.74) is 0.201. The fourth-order valence-corrected chi connectivity index (χ4v) is 3.70. The second kappa shape index (κ2) is 8.45. The Morgan fingerprint density at radius 2 is 1.88 bits per heavy atom. The molecule has 1 saturated heterocycles. The minimum atomic E-state index is -0.205. The van der Waals surface area contributed by atoms with E-state index in [1.807, 2.05) is 19.1 Å². The Hall–Kier alpha value is -2.21. The fourth-order valence-electron chi connectivity index (χ4n) is 3.70. The maximum atomic E-state index is 12.9. The lowest BCUT2D eigenvalue weighted by Crippen LogP contribution is -2.42. The molecule has 0 bridgehead atoms. The van der Waals surface area contributed by atoms with Crippen LogP contribution in [0.5, 0.6) is 0 Å². The van der Waals surface area contributed by atoms with Crippen LogP contribution in [0.4, 0.5) is 0 Å². The molecule has 2 heterocycles. The third kappa shape index (κ3) is 3.80. The minimum absolute atomic E-state index is 0.137. The lowest BCUT2D eigenvalue weighted by atomic mass is 10.1. The van der Waals surface area contributed by atoms with Crippen molar-refractivity contribution in [2.24, 2.45) is 0 Å². The summed E-state index contributed by atoms with van der Waals surface area (Å²) in [6.07, 6.45) is 4.26. The van der Waals surface area contributed by atoms with Gasteiger partial charge in [0.05, 0.1) is 5.39 Å². The van der Waals surface area contributed by atoms with Crippen LogP contribution in [-0.4, -0.2) is 46.3 Å². The van der Waals surface area contributed by atoms with Gasteiger partial charge >= 0.3 is 0 Å². The Balaban J connectivity index is 1.85. The molecule has 6 nitrogen and oxygen atoms in total. The SMILES string of the molecule is CCCn1nc(C(=O)NCC(CC)N2CCCC2)c2ccccc2c1=O. The molecule has 1 fully saturated rings. The molecule has 1 amide bonds. The van der Waals surface area contributed by atoms with Crippen molar-refractivity contribution in [1.29, 1.82) is 0 Å². The number of fused-ring (bicyclic) bond motifs is 1. The van der Waals surface area contributed by atoms with Gasteiger partial charge in [-0.25, -0.2) is 4.68 Å². The summed E-state index contributed by atoms with van der Waals surface area (Å²) in [5.74, 6) is -0.205. The Kier molecular flexibility index (Phi) is 6.04. The quantitative estimate of drug-likeness (QED) is 0.827. The van der Waals surface area contributed by atoms with Crippen molar-refractivity contribution in [2.75, 3.05) is 19.6 Å². The lowest BCUT2D eigenvalue weighted by molar-refractivity contribution is 0.0931. The molecule has 1 aromatic heterocycles. The third-order valence-electron chi connectivity index (χ3n) is 5.14. The standard InChI is InChI=1S/C20H28N4O2/c1-3-11-24-20(26)17-10-6-5-9-16(17)18(22-24)19(25)21-14-15(4-2)23-12-7-8-13-23/h5-6,9-10,15H,3-4,7-8,11-14H2,1-2H3,(H,21,25). The normalized spacial score (nSPS) is 16.1. The topological polar surface area (TPSA) is 67.2 Å². The number of likely N-dealkylation sites (tertiary alicyclic amines) is 1. The van der Waals surface area contributed by atoms with E-state index in [1.165, 1.54) is 17.5 Å². The first kappa shape index (κ1) is 18.6. The number of benzene rings is 1.